The number of unbranched alkanes of at least 4 members (excludes halogenated alkanes) is 1. The summed E-state index contributed by atoms with van der Waals surface area (Å²) in [5.74, 6) is -0.655. The number of hydrogen-bond acceptors (Lipinski definition) is 7. The summed E-state index contributed by atoms with van der Waals surface area (Å²) in [4.78, 5) is 7.43. The van der Waals surface area contributed by atoms with E-state index in [1.165, 1.54) is 24.5 Å². The van der Waals surface area contributed by atoms with Crippen molar-refractivity contribution in [1.29, 1.82) is 0 Å². The largest absolute Gasteiger partial charge is 0.628 e. The highest BCUT2D eigenvalue weighted by molar-refractivity contribution is 7.83. The minimum Gasteiger partial charge on any atom is -0.628 e. The molecule has 0 radical (unpaired) electrons. The van der Waals surface area contributed by atoms with Gasteiger partial charge in [-0.1, -0.05) is 0 Å². The number of benzene rings is 2. The quantitative estimate of drug-likeness (QED) is 0.237. The van der Waals surface area contributed by atoms with E-state index in [2.05, 4.69) is 9.97 Å². The fourth-order valence-corrected chi connectivity index (χ4v) is 3.87. The molecule has 0 spiro atoms. The Bertz CT molecular complexity index is 1170. The maximum Gasteiger partial charge on any atom is 0.223 e. The smallest absolute Gasteiger partial charge is 0.223 e. The second-order valence-corrected chi connectivity index (χ2v) is 9.02. The fourth-order valence-electron chi connectivity index (χ4n) is 3.10. The lowest BCUT2D eigenvalue weighted by Gasteiger charge is -2.25. The van der Waals surface area contributed by atoms with Gasteiger partial charge in [-0.15, -0.1) is 0 Å². The van der Waals surface area contributed by atoms with E-state index in [0.29, 0.717) is 24.2 Å². The summed E-state index contributed by atoms with van der Waals surface area (Å²) in [6.45, 7) is 0.431. The molecule has 12 heteroatoms. The van der Waals surface area contributed by atoms with Crippen molar-refractivity contribution in [1.82, 2.24) is 9.97 Å². The molecule has 3 rings (SSSR count). The van der Waals surface area contributed by atoms with Crippen LogP contribution in [0.2, 0.25) is 5.28 Å². The molecule has 0 saturated carbocycles. The predicted molar refractivity (Wildman–Crippen MR) is 124 cm³/mol. The topological polar surface area (TPSA) is 112 Å². The number of nitrogens with one attached hydrogen (secondary N) is 1. The Morgan fingerprint density at radius 3 is 2.53 bits per heavy atom. The second kappa shape index (κ2) is 12.1. The predicted octanol–water partition coefficient (Wildman–Crippen LogP) is 3.70. The Balaban J connectivity index is 1.57. The fraction of sp³-hybridized carbons (Fsp3) is 0.273. The van der Waals surface area contributed by atoms with E-state index < -0.39 is 27.7 Å². The average Bonchev–Trinajstić information content (AvgIpc) is 2.77. The molecule has 1 heterocycles. The third-order valence-electron chi connectivity index (χ3n) is 4.55. The Kier molecular flexibility index (Phi) is 9.25. The molecule has 34 heavy (non-hydrogen) atoms. The third-order valence-corrected chi connectivity index (χ3v) is 5.47. The molecule has 1 atom stereocenters. The van der Waals surface area contributed by atoms with Crippen LogP contribution in [-0.4, -0.2) is 33.6 Å². The lowest BCUT2D eigenvalue weighted by atomic mass is 10.1. The number of quaternary nitrogens is 1. The first-order chi connectivity index (χ1) is 16.2. The summed E-state index contributed by atoms with van der Waals surface area (Å²) in [5.41, 5.74) is 0.642. The zero-order valence-electron chi connectivity index (χ0n) is 18.1. The van der Waals surface area contributed by atoms with Crippen molar-refractivity contribution >= 4 is 28.1 Å². The average molecular weight is 513 g/mol. The zero-order valence-corrected chi connectivity index (χ0v) is 19.6. The summed E-state index contributed by atoms with van der Waals surface area (Å²) in [6.07, 6.45) is 3.48. The van der Waals surface area contributed by atoms with Gasteiger partial charge in [-0.2, -0.15) is 0 Å². The zero-order chi connectivity index (χ0) is 24.7. The second-order valence-electron chi connectivity index (χ2n) is 7.25. The Hall–Kier alpha value is -2.70. The number of aromatic nitrogens is 2. The van der Waals surface area contributed by atoms with E-state index in [0.717, 1.165) is 18.3 Å². The summed E-state index contributed by atoms with van der Waals surface area (Å²) < 4.78 is 50.6. The van der Waals surface area contributed by atoms with Crippen LogP contribution < -0.4 is 14.7 Å². The molecular formula is C22H21ClF2N3O5S-. The lowest BCUT2D eigenvalue weighted by molar-refractivity contribution is -0.715. The van der Waals surface area contributed by atoms with E-state index in [1.807, 2.05) is 0 Å². The molecule has 0 bridgehead atoms. The lowest BCUT2D eigenvalue weighted by Crippen LogP contribution is -2.96. The van der Waals surface area contributed by atoms with Gasteiger partial charge < -0.3 is 25.1 Å². The minimum atomic E-state index is -1.35. The number of halogens is 3. The molecule has 3 aromatic rings. The minimum absolute atomic E-state index is 0.0584. The normalized spacial score (nSPS) is 12.1. The monoisotopic (exact) mass is 512 g/mol. The van der Waals surface area contributed by atoms with Crippen molar-refractivity contribution in [3.63, 3.8) is 0 Å². The van der Waals surface area contributed by atoms with Crippen LogP contribution in [0.1, 0.15) is 18.4 Å². The molecule has 0 amide bonds. The molecule has 2 aromatic carbocycles. The molecule has 0 aliphatic carbocycles. The van der Waals surface area contributed by atoms with E-state index in [-0.39, 0.29) is 46.9 Å². The maximum atomic E-state index is 14.2. The molecule has 0 fully saturated rings. The van der Waals surface area contributed by atoms with Gasteiger partial charge in [-0.25, -0.2) is 18.7 Å². The van der Waals surface area contributed by atoms with Gasteiger partial charge >= 0.3 is 0 Å². The number of hydrogen-bond donors (Lipinski definition) is 1. The summed E-state index contributed by atoms with van der Waals surface area (Å²) in [7, 11) is -1.15. The van der Waals surface area contributed by atoms with Crippen LogP contribution in [0.4, 0.5) is 14.5 Å². The summed E-state index contributed by atoms with van der Waals surface area (Å²) >= 11 is 5.76. The van der Waals surface area contributed by atoms with Gasteiger partial charge in [0, 0.05) is 46.6 Å². The summed E-state index contributed by atoms with van der Waals surface area (Å²) in [5, 5.41) is 20.9. The molecule has 0 aliphatic heterocycles. The first-order valence-corrected chi connectivity index (χ1v) is 12.2. The molecule has 8 nitrogen and oxygen atoms in total. The third kappa shape index (κ3) is 7.40. The van der Waals surface area contributed by atoms with Gasteiger partial charge in [0.15, 0.2) is 5.82 Å². The Morgan fingerprint density at radius 2 is 1.82 bits per heavy atom. The highest BCUT2D eigenvalue weighted by atomic mass is 35.5. The first kappa shape index (κ1) is 25.9. The first-order valence-electron chi connectivity index (χ1n) is 10.1. The number of nitrogens with zero attached hydrogens (tertiary/aromatic N) is 2. The van der Waals surface area contributed by atoms with Crippen LogP contribution in [0.25, 0.3) is 11.3 Å². The van der Waals surface area contributed by atoms with Crippen LogP contribution in [0.5, 0.6) is 11.5 Å². The molecule has 1 aromatic heterocycles. The standard InChI is InChI=1S/C22H21ClF2N3O5S/c1-34(31)13-14-8-16(28(29)30)11-17(9-14)32-6-2-3-7-33-20-10-15(24)4-5-18(20)21-19(25)12-26-22(23)27-21/h4-5,8-12,28H,2-3,6-7,13H2,1H3/q-1. The van der Waals surface area contributed by atoms with Crippen LogP contribution in [0.3, 0.4) is 0 Å². The molecule has 182 valence electrons. The molecule has 0 aliphatic rings. The molecule has 1 N–H and O–H groups in total. The summed E-state index contributed by atoms with van der Waals surface area (Å²) in [6, 6.07) is 8.02. The van der Waals surface area contributed by atoms with Crippen molar-refractivity contribution in [2.24, 2.45) is 0 Å². The van der Waals surface area contributed by atoms with Crippen molar-refractivity contribution in [3.05, 3.63) is 75.5 Å². The highest BCUT2D eigenvalue weighted by Gasteiger charge is 2.15. The van der Waals surface area contributed by atoms with E-state index >= 15 is 0 Å². The van der Waals surface area contributed by atoms with Gasteiger partial charge in [-0.3, -0.25) is 4.21 Å². The number of ether oxygens (including phenoxy) is 2. The maximum absolute atomic E-state index is 14.2. The van der Waals surface area contributed by atoms with E-state index in [9.17, 15) is 23.4 Å². The van der Waals surface area contributed by atoms with Crippen LogP contribution in [0, 0.1) is 22.0 Å². The van der Waals surface area contributed by atoms with Gasteiger partial charge in [0.25, 0.3) is 0 Å². The highest BCUT2D eigenvalue weighted by Crippen LogP contribution is 2.31. The van der Waals surface area contributed by atoms with E-state index in [1.54, 1.807) is 6.07 Å². The molecular weight excluding hydrogens is 492 g/mol. The van der Waals surface area contributed by atoms with Crippen LogP contribution in [-0.2, 0) is 16.6 Å². The van der Waals surface area contributed by atoms with Gasteiger partial charge in [0.1, 0.15) is 28.7 Å². The molecule has 1 unspecified atom stereocenters. The molecule has 0 saturated heterocycles. The van der Waals surface area contributed by atoms with Crippen LogP contribution in [0.15, 0.2) is 42.6 Å². The SMILES string of the molecule is CS(=O)Cc1cc(OCCCCOc2cc(F)ccc2-c2nc(Cl)ncc2F)cc([NH+]([O-])[O-])c1. The van der Waals surface area contributed by atoms with Crippen molar-refractivity contribution in [3.8, 4) is 22.8 Å². The van der Waals surface area contributed by atoms with Crippen molar-refractivity contribution in [2.75, 3.05) is 19.5 Å². The van der Waals surface area contributed by atoms with Crippen LogP contribution >= 0.6 is 11.6 Å². The van der Waals surface area contributed by atoms with Crippen molar-refractivity contribution < 1.29 is 27.7 Å². The Morgan fingerprint density at radius 1 is 1.09 bits per heavy atom. The van der Waals surface area contributed by atoms with Crippen molar-refractivity contribution in [2.45, 2.75) is 18.6 Å². The Labute approximate surface area is 202 Å². The van der Waals surface area contributed by atoms with E-state index in [4.69, 9.17) is 21.1 Å². The van der Waals surface area contributed by atoms with Gasteiger partial charge in [-0.05, 0) is 48.2 Å². The number of rotatable bonds is 11. The van der Waals surface area contributed by atoms with Gasteiger partial charge in [0.05, 0.1) is 19.4 Å². The van der Waals surface area contributed by atoms with Gasteiger partial charge in [0.2, 0.25) is 5.28 Å².